The third-order valence-electron chi connectivity index (χ3n) is 1.45. The standard InChI is InChI=1S/C5H11NS.BF3O3.K.H/c1-6-2-4-7-5-3-6;2-5-1(6-3)7-4;;/h2-5H2,1H3;;;/q;;+1;-1. The zero-order chi connectivity index (χ0) is 10.8. The van der Waals surface area contributed by atoms with Crippen molar-refractivity contribution in [3.05, 3.63) is 0 Å². The SMILES string of the molecule is CN1CCSCC1.FOB(OF)OF.[H-].[K+]. The van der Waals surface area contributed by atoms with Crippen LogP contribution < -0.4 is 51.4 Å². The van der Waals surface area contributed by atoms with Gasteiger partial charge in [0.1, 0.15) is 0 Å². The molecule has 0 aromatic heterocycles. The van der Waals surface area contributed by atoms with Crippen LogP contribution in [-0.4, -0.2) is 43.9 Å². The monoisotopic (exact) mass is 273 g/mol. The van der Waals surface area contributed by atoms with Crippen molar-refractivity contribution in [2.45, 2.75) is 0 Å². The molecule has 86 valence electrons. The molecule has 1 saturated heterocycles. The number of hydrogen-bond acceptors (Lipinski definition) is 5. The molecule has 1 rings (SSSR count). The Hall–Kier alpha value is 1.68. The molecule has 0 unspecified atom stereocenters. The van der Waals surface area contributed by atoms with E-state index < -0.39 is 7.32 Å². The van der Waals surface area contributed by atoms with E-state index >= 15 is 0 Å². The fourth-order valence-electron chi connectivity index (χ4n) is 0.696. The van der Waals surface area contributed by atoms with Gasteiger partial charge in [0.2, 0.25) is 0 Å². The van der Waals surface area contributed by atoms with Gasteiger partial charge in [-0.15, -0.1) is 0 Å². The molecular weight excluding hydrogens is 261 g/mol. The summed E-state index contributed by atoms with van der Waals surface area (Å²) in [7, 11) is -0.334. The molecule has 0 bridgehead atoms. The molecule has 0 amide bonds. The van der Waals surface area contributed by atoms with Gasteiger partial charge >= 0.3 is 58.7 Å². The normalized spacial score (nSPS) is 16.0. The van der Waals surface area contributed by atoms with Crippen LogP contribution in [-0.2, 0) is 14.6 Å². The van der Waals surface area contributed by atoms with Gasteiger partial charge in [-0.1, -0.05) is 13.6 Å². The van der Waals surface area contributed by atoms with Gasteiger partial charge in [-0.05, 0) is 7.05 Å². The number of halogens is 3. The fraction of sp³-hybridized carbons (Fsp3) is 1.00. The minimum atomic E-state index is -2.51. The van der Waals surface area contributed by atoms with E-state index in [9.17, 15) is 13.6 Å². The molecule has 0 aliphatic carbocycles. The molecule has 1 fully saturated rings. The second-order valence-electron chi connectivity index (χ2n) is 2.47. The molecule has 0 N–H and O–H groups in total. The fourth-order valence-corrected chi connectivity index (χ4v) is 1.78. The number of nitrogens with zero attached hydrogens (tertiary/aromatic N) is 1. The summed E-state index contributed by atoms with van der Waals surface area (Å²) in [6.07, 6.45) is 0. The molecule has 0 aromatic rings. The molecule has 0 saturated carbocycles. The van der Waals surface area contributed by atoms with Crippen molar-refractivity contribution < 1.29 is 81.0 Å². The quantitative estimate of drug-likeness (QED) is 0.581. The first-order valence-electron chi connectivity index (χ1n) is 3.83. The van der Waals surface area contributed by atoms with Crippen molar-refractivity contribution >= 4 is 19.1 Å². The second kappa shape index (κ2) is 13.7. The van der Waals surface area contributed by atoms with Gasteiger partial charge in [0.15, 0.2) is 0 Å². The topological polar surface area (TPSA) is 30.9 Å². The minimum absolute atomic E-state index is 0. The predicted molar refractivity (Wildman–Crippen MR) is 48.3 cm³/mol. The van der Waals surface area contributed by atoms with Crippen molar-refractivity contribution in [3.8, 4) is 0 Å². The van der Waals surface area contributed by atoms with E-state index in [4.69, 9.17) is 0 Å². The van der Waals surface area contributed by atoms with Crippen LogP contribution in [0.3, 0.4) is 0 Å². The molecule has 0 radical (unpaired) electrons. The summed E-state index contributed by atoms with van der Waals surface area (Å²) in [6.45, 7) is 2.56. The molecule has 0 aromatic carbocycles. The Labute approximate surface area is 135 Å². The van der Waals surface area contributed by atoms with Gasteiger partial charge in [0, 0.05) is 24.6 Å². The Morgan fingerprint density at radius 1 is 1.13 bits per heavy atom. The van der Waals surface area contributed by atoms with Crippen LogP contribution in [0.1, 0.15) is 1.43 Å². The Morgan fingerprint density at radius 2 is 1.53 bits per heavy atom. The number of rotatable bonds is 3. The van der Waals surface area contributed by atoms with E-state index in [-0.39, 0.29) is 52.8 Å². The maximum absolute atomic E-state index is 10.4. The third-order valence-corrected chi connectivity index (χ3v) is 2.40. The van der Waals surface area contributed by atoms with E-state index in [1.54, 1.807) is 0 Å². The summed E-state index contributed by atoms with van der Waals surface area (Å²) in [5.74, 6) is 2.66. The Morgan fingerprint density at radius 3 is 1.67 bits per heavy atom. The smallest absolute Gasteiger partial charge is 1.00 e. The molecule has 4 nitrogen and oxygen atoms in total. The van der Waals surface area contributed by atoms with Gasteiger partial charge in [-0.2, -0.15) is 26.3 Å². The van der Waals surface area contributed by atoms with Crippen molar-refractivity contribution in [2.24, 2.45) is 0 Å². The van der Waals surface area contributed by atoms with E-state index in [2.05, 4.69) is 38.3 Å². The van der Waals surface area contributed by atoms with Gasteiger partial charge in [-0.3, -0.25) is 0 Å². The van der Waals surface area contributed by atoms with E-state index in [0.29, 0.717) is 0 Å². The van der Waals surface area contributed by atoms with E-state index in [0.717, 1.165) is 0 Å². The molecule has 1 aliphatic heterocycles. The number of hydrogen-bond donors (Lipinski definition) is 0. The molecular formula is C5H12BF3KNO3S. The Balaban J connectivity index is -0.000000188. The summed E-state index contributed by atoms with van der Waals surface area (Å²) in [5.41, 5.74) is 0. The van der Waals surface area contributed by atoms with E-state index in [1.807, 2.05) is 0 Å². The first-order chi connectivity index (χ1) is 6.74. The molecule has 1 aliphatic rings. The van der Waals surface area contributed by atoms with E-state index in [1.165, 1.54) is 24.6 Å². The maximum Gasteiger partial charge on any atom is 1.00 e. The molecule has 0 atom stereocenters. The van der Waals surface area contributed by atoms with Crippen LogP contribution in [0, 0.1) is 0 Å². The van der Waals surface area contributed by atoms with Crippen LogP contribution in [0.2, 0.25) is 0 Å². The largest absolute Gasteiger partial charge is 1.00 e. The van der Waals surface area contributed by atoms with Crippen LogP contribution in [0.15, 0.2) is 0 Å². The summed E-state index contributed by atoms with van der Waals surface area (Å²) in [5, 5.41) is 0. The van der Waals surface area contributed by atoms with Gasteiger partial charge in [-0.25, -0.2) is 0 Å². The zero-order valence-corrected chi connectivity index (χ0v) is 12.6. The van der Waals surface area contributed by atoms with Crippen LogP contribution in [0.25, 0.3) is 0 Å². The van der Waals surface area contributed by atoms with Crippen molar-refractivity contribution in [1.82, 2.24) is 4.90 Å². The summed E-state index contributed by atoms with van der Waals surface area (Å²) in [6, 6.07) is 0. The van der Waals surface area contributed by atoms with Crippen molar-refractivity contribution in [2.75, 3.05) is 31.6 Å². The summed E-state index contributed by atoms with van der Waals surface area (Å²) >= 11 is 2.06. The van der Waals surface area contributed by atoms with Gasteiger partial charge in [0.25, 0.3) is 0 Å². The van der Waals surface area contributed by atoms with Crippen LogP contribution >= 0.6 is 11.8 Å². The first-order valence-corrected chi connectivity index (χ1v) is 4.98. The van der Waals surface area contributed by atoms with Crippen molar-refractivity contribution in [1.29, 1.82) is 0 Å². The van der Waals surface area contributed by atoms with Gasteiger partial charge in [0.05, 0.1) is 0 Å². The predicted octanol–water partition coefficient (Wildman–Crippen LogP) is -1.54. The average molecular weight is 273 g/mol. The average Bonchev–Trinajstić information content (AvgIpc) is 2.22. The molecule has 15 heavy (non-hydrogen) atoms. The maximum atomic E-state index is 10.4. The van der Waals surface area contributed by atoms with Gasteiger partial charge < -0.3 is 6.33 Å². The van der Waals surface area contributed by atoms with Crippen LogP contribution in [0.5, 0.6) is 0 Å². The van der Waals surface area contributed by atoms with Crippen molar-refractivity contribution in [3.63, 3.8) is 0 Å². The minimum Gasteiger partial charge on any atom is -1.00 e. The second-order valence-corrected chi connectivity index (χ2v) is 3.70. The van der Waals surface area contributed by atoms with Crippen LogP contribution in [0.4, 0.5) is 13.6 Å². The number of thioether (sulfide) groups is 1. The first kappa shape index (κ1) is 19.0. The molecule has 1 heterocycles. The Bertz CT molecular complexity index is 134. The zero-order valence-electron chi connectivity index (χ0n) is 9.62. The third kappa shape index (κ3) is 11.9. The Kier molecular flexibility index (Phi) is 17.4. The summed E-state index contributed by atoms with van der Waals surface area (Å²) < 4.78 is 31.3. The molecule has 10 heteroatoms. The summed E-state index contributed by atoms with van der Waals surface area (Å²) in [4.78, 5) is 9.43. The molecule has 0 spiro atoms.